The fraction of sp³-hybridized carbons (Fsp3) is 0. The summed E-state index contributed by atoms with van der Waals surface area (Å²) >= 11 is 0. The van der Waals surface area contributed by atoms with Gasteiger partial charge in [0.1, 0.15) is 0 Å². The number of hydrogen-bond acceptors (Lipinski definition) is 2. The Labute approximate surface area is 248 Å². The van der Waals surface area contributed by atoms with Gasteiger partial charge in [-0.3, -0.25) is 9.97 Å². The summed E-state index contributed by atoms with van der Waals surface area (Å²) < 4.78 is 2.41. The quantitative estimate of drug-likeness (QED) is 0.206. The van der Waals surface area contributed by atoms with Crippen LogP contribution in [0.1, 0.15) is 0 Å². The predicted octanol–water partition coefficient (Wildman–Crippen LogP) is 10.4. The zero-order chi connectivity index (χ0) is 28.3. The number of benzene rings is 7. The van der Waals surface area contributed by atoms with E-state index in [9.17, 15) is 0 Å². The Hall–Kier alpha value is -5.80. The summed E-state index contributed by atoms with van der Waals surface area (Å²) in [6, 6.07) is 50.2. The van der Waals surface area contributed by atoms with Crippen LogP contribution >= 0.6 is 0 Å². The molecule has 0 N–H and O–H groups in total. The molecule has 43 heavy (non-hydrogen) atoms. The van der Waals surface area contributed by atoms with E-state index in [0.717, 1.165) is 21.8 Å². The Morgan fingerprint density at radius 1 is 0.372 bits per heavy atom. The van der Waals surface area contributed by atoms with Crippen LogP contribution in [0.2, 0.25) is 0 Å². The van der Waals surface area contributed by atoms with Gasteiger partial charge in [0.05, 0.1) is 27.8 Å². The van der Waals surface area contributed by atoms with Gasteiger partial charge in [-0.05, 0) is 51.7 Å². The van der Waals surface area contributed by atoms with E-state index in [2.05, 4.69) is 144 Å². The van der Waals surface area contributed by atoms with Crippen molar-refractivity contribution < 1.29 is 0 Å². The summed E-state index contributed by atoms with van der Waals surface area (Å²) in [6.45, 7) is 0. The number of hydrogen-bond donors (Lipinski definition) is 0. The van der Waals surface area contributed by atoms with Crippen molar-refractivity contribution in [2.45, 2.75) is 0 Å². The van der Waals surface area contributed by atoms with Gasteiger partial charge in [0, 0.05) is 39.5 Å². The lowest BCUT2D eigenvalue weighted by Gasteiger charge is -2.17. The molecule has 0 saturated carbocycles. The third kappa shape index (κ3) is 3.55. The number of fused-ring (bicyclic) bond motifs is 9. The normalized spacial score (nSPS) is 11.7. The Balaban J connectivity index is 1.31. The van der Waals surface area contributed by atoms with Crippen LogP contribution < -0.4 is 0 Å². The highest BCUT2D eigenvalue weighted by atomic mass is 15.0. The monoisotopic (exact) mass is 547 g/mol. The molecule has 0 radical (unpaired) electrons. The molecule has 9 aromatic rings. The number of para-hydroxylation sites is 3. The molecular formula is C40H25N3. The molecule has 0 saturated heterocycles. The van der Waals surface area contributed by atoms with Crippen molar-refractivity contribution in [2.75, 3.05) is 0 Å². The number of rotatable bonds is 3. The Morgan fingerprint density at radius 3 is 1.58 bits per heavy atom. The molecule has 0 atom stereocenters. The molecule has 0 amide bonds. The van der Waals surface area contributed by atoms with E-state index in [1.165, 1.54) is 60.5 Å². The first-order valence-corrected chi connectivity index (χ1v) is 14.6. The maximum absolute atomic E-state index is 4.75. The first-order chi connectivity index (χ1) is 21.4. The van der Waals surface area contributed by atoms with Crippen LogP contribution in [-0.4, -0.2) is 14.5 Å². The third-order valence-electron chi connectivity index (χ3n) is 8.70. The molecule has 0 aliphatic heterocycles. The van der Waals surface area contributed by atoms with Crippen molar-refractivity contribution in [3.63, 3.8) is 0 Å². The smallest absolute Gasteiger partial charge is 0.0971 e. The van der Waals surface area contributed by atoms with E-state index in [4.69, 9.17) is 9.97 Å². The zero-order valence-corrected chi connectivity index (χ0v) is 23.3. The summed E-state index contributed by atoms with van der Waals surface area (Å²) in [5, 5.41) is 7.15. The van der Waals surface area contributed by atoms with Gasteiger partial charge in [0.25, 0.3) is 0 Å². The first kappa shape index (κ1) is 23.9. The van der Waals surface area contributed by atoms with Gasteiger partial charge in [0.15, 0.2) is 0 Å². The summed E-state index contributed by atoms with van der Waals surface area (Å²) in [4.78, 5) is 9.46. The second-order valence-electron chi connectivity index (χ2n) is 11.0. The van der Waals surface area contributed by atoms with Crippen molar-refractivity contribution in [1.82, 2.24) is 14.5 Å². The molecule has 9 rings (SSSR count). The van der Waals surface area contributed by atoms with Crippen molar-refractivity contribution in [3.05, 3.63) is 152 Å². The SMILES string of the molecule is c1ccc(-c2ccccc2-n2c3ccccc3c3ccccc32)c(-c2ccc3c(c2)c2ccccc2c2nccnc32)c1. The molecule has 0 spiro atoms. The van der Waals surface area contributed by atoms with Gasteiger partial charge >= 0.3 is 0 Å². The Kier molecular flexibility index (Phi) is 5.20. The highest BCUT2D eigenvalue weighted by molar-refractivity contribution is 6.23. The van der Waals surface area contributed by atoms with E-state index in [1.807, 2.05) is 0 Å². The van der Waals surface area contributed by atoms with Crippen LogP contribution in [0.3, 0.4) is 0 Å². The molecule has 3 nitrogen and oxygen atoms in total. The average Bonchev–Trinajstić information content (AvgIpc) is 3.42. The predicted molar refractivity (Wildman–Crippen MR) is 180 cm³/mol. The van der Waals surface area contributed by atoms with Crippen molar-refractivity contribution in [2.24, 2.45) is 0 Å². The minimum Gasteiger partial charge on any atom is -0.309 e. The van der Waals surface area contributed by atoms with Crippen LogP contribution in [0.15, 0.2) is 152 Å². The summed E-state index contributed by atoms with van der Waals surface area (Å²) in [5.41, 5.74) is 10.2. The highest BCUT2D eigenvalue weighted by Gasteiger charge is 2.18. The average molecular weight is 548 g/mol. The molecule has 0 aliphatic carbocycles. The van der Waals surface area contributed by atoms with Gasteiger partial charge in [-0.2, -0.15) is 0 Å². The summed E-state index contributed by atoms with van der Waals surface area (Å²) in [6.07, 6.45) is 3.56. The molecule has 200 valence electrons. The van der Waals surface area contributed by atoms with Gasteiger partial charge in [-0.25, -0.2) is 0 Å². The van der Waals surface area contributed by atoms with Crippen LogP contribution in [0, 0.1) is 0 Å². The van der Waals surface area contributed by atoms with Gasteiger partial charge in [0.2, 0.25) is 0 Å². The molecular weight excluding hydrogens is 522 g/mol. The van der Waals surface area contributed by atoms with E-state index in [1.54, 1.807) is 12.4 Å². The van der Waals surface area contributed by atoms with E-state index in [0.29, 0.717) is 0 Å². The topological polar surface area (TPSA) is 30.7 Å². The van der Waals surface area contributed by atoms with E-state index in [-0.39, 0.29) is 0 Å². The maximum atomic E-state index is 4.75. The van der Waals surface area contributed by atoms with Crippen LogP contribution in [0.5, 0.6) is 0 Å². The largest absolute Gasteiger partial charge is 0.309 e. The lowest BCUT2D eigenvalue weighted by atomic mass is 9.91. The minimum atomic E-state index is 0.938. The second kappa shape index (κ2) is 9.37. The molecule has 0 aliphatic rings. The fourth-order valence-electron chi connectivity index (χ4n) is 6.85. The van der Waals surface area contributed by atoms with Crippen LogP contribution in [0.4, 0.5) is 0 Å². The molecule has 7 aromatic carbocycles. The Bertz CT molecular complexity index is 2430. The minimum absolute atomic E-state index is 0.938. The molecule has 0 bridgehead atoms. The van der Waals surface area contributed by atoms with Crippen molar-refractivity contribution in [1.29, 1.82) is 0 Å². The third-order valence-corrected chi connectivity index (χ3v) is 8.70. The molecule has 2 heterocycles. The first-order valence-electron chi connectivity index (χ1n) is 14.6. The Morgan fingerprint density at radius 2 is 0.884 bits per heavy atom. The lowest BCUT2D eigenvalue weighted by Crippen LogP contribution is -1.98. The maximum Gasteiger partial charge on any atom is 0.0971 e. The second-order valence-corrected chi connectivity index (χ2v) is 11.0. The lowest BCUT2D eigenvalue weighted by molar-refractivity contribution is 1.18. The van der Waals surface area contributed by atoms with E-state index < -0.39 is 0 Å². The van der Waals surface area contributed by atoms with Crippen LogP contribution in [-0.2, 0) is 0 Å². The standard InChI is InChI=1S/C40H25N3/c1-2-12-28(30-14-5-8-18-36(30)43-37-19-9-6-15-31(37)32-16-7-10-20-38(32)43)27(11-1)26-21-22-34-35(25-26)29-13-3-4-17-33(29)39-40(34)42-24-23-41-39/h1-25H. The van der Waals surface area contributed by atoms with Crippen molar-refractivity contribution >= 4 is 54.4 Å². The summed E-state index contributed by atoms with van der Waals surface area (Å²) in [5.74, 6) is 0. The summed E-state index contributed by atoms with van der Waals surface area (Å²) in [7, 11) is 0. The fourth-order valence-corrected chi connectivity index (χ4v) is 6.85. The van der Waals surface area contributed by atoms with Gasteiger partial charge < -0.3 is 4.57 Å². The molecule has 2 aromatic heterocycles. The zero-order valence-electron chi connectivity index (χ0n) is 23.3. The van der Waals surface area contributed by atoms with Crippen LogP contribution in [0.25, 0.3) is 82.3 Å². The van der Waals surface area contributed by atoms with Gasteiger partial charge in [-0.15, -0.1) is 0 Å². The highest BCUT2D eigenvalue weighted by Crippen LogP contribution is 2.41. The molecule has 3 heteroatoms. The van der Waals surface area contributed by atoms with Gasteiger partial charge in [-0.1, -0.05) is 115 Å². The number of aromatic nitrogens is 3. The number of nitrogens with zero attached hydrogens (tertiary/aromatic N) is 3. The van der Waals surface area contributed by atoms with Crippen molar-refractivity contribution in [3.8, 4) is 27.9 Å². The molecule has 0 fully saturated rings. The van der Waals surface area contributed by atoms with E-state index >= 15 is 0 Å². The molecule has 0 unspecified atom stereocenters.